The molecule has 0 aliphatic heterocycles. The molecule has 0 unspecified atom stereocenters. The Bertz CT molecular complexity index is 719. The number of nitrogens with one attached hydrogen (secondary N) is 2. The lowest BCUT2D eigenvalue weighted by atomic mass is 9.96. The number of carbonyl (C=O) groups is 1. The molecule has 0 radical (unpaired) electrons. The average Bonchev–Trinajstić information content (AvgIpc) is 2.48. The molecule has 0 saturated heterocycles. The zero-order chi connectivity index (χ0) is 18.0. The molecule has 128 valence electrons. The summed E-state index contributed by atoms with van der Waals surface area (Å²) >= 11 is 0. The normalized spacial score (nSPS) is 11.9. The minimum Gasteiger partial charge on any atom is -0.340 e. The predicted molar refractivity (Wildman–Crippen MR) is 87.0 cm³/mol. The summed E-state index contributed by atoms with van der Waals surface area (Å²) in [4.78, 5) is 16.0. The number of hydrogen-bond acceptors (Lipinski definition) is 3. The van der Waals surface area contributed by atoms with Crippen LogP contribution in [0.15, 0.2) is 42.6 Å². The van der Waals surface area contributed by atoms with E-state index < -0.39 is 17.2 Å². The molecule has 0 aliphatic rings. The monoisotopic (exact) mass is 337 g/mol. The summed E-state index contributed by atoms with van der Waals surface area (Å²) in [5, 5.41) is 5.53. The van der Waals surface area contributed by atoms with Crippen LogP contribution < -0.4 is 10.6 Å². The highest BCUT2D eigenvalue weighted by molar-refractivity contribution is 5.94. The van der Waals surface area contributed by atoms with E-state index in [-0.39, 0.29) is 11.6 Å². The standard InChI is InChI=1S/C17H18F3N3O/c1-16(2,3)15(24)23-13-7-8-14(21-10-13)22-12-6-4-5-11(9-12)17(18,19)20/h4-10H,1-3H3,(H,21,22)(H,23,24). The van der Waals surface area contributed by atoms with Gasteiger partial charge in [0.05, 0.1) is 17.4 Å². The molecule has 2 aromatic rings. The van der Waals surface area contributed by atoms with Crippen molar-refractivity contribution in [1.29, 1.82) is 0 Å². The van der Waals surface area contributed by atoms with E-state index in [4.69, 9.17) is 0 Å². The van der Waals surface area contributed by atoms with E-state index in [1.807, 2.05) is 0 Å². The number of alkyl halides is 3. The molecule has 7 heteroatoms. The highest BCUT2D eigenvalue weighted by atomic mass is 19.4. The molecule has 1 heterocycles. The maximum absolute atomic E-state index is 12.7. The van der Waals surface area contributed by atoms with Gasteiger partial charge in [0.1, 0.15) is 5.82 Å². The number of hydrogen-bond donors (Lipinski definition) is 2. The second kappa shape index (κ2) is 6.51. The van der Waals surface area contributed by atoms with E-state index >= 15 is 0 Å². The van der Waals surface area contributed by atoms with Gasteiger partial charge in [-0.1, -0.05) is 26.8 Å². The molecule has 0 fully saturated rings. The van der Waals surface area contributed by atoms with Crippen LogP contribution >= 0.6 is 0 Å². The molecular weight excluding hydrogens is 319 g/mol. The summed E-state index contributed by atoms with van der Waals surface area (Å²) in [5.74, 6) is 0.228. The van der Waals surface area contributed by atoms with Crippen LogP contribution in [0.25, 0.3) is 0 Å². The molecule has 0 aliphatic carbocycles. The molecular formula is C17H18F3N3O. The molecule has 2 N–H and O–H groups in total. The number of pyridine rings is 1. The van der Waals surface area contributed by atoms with Crippen molar-refractivity contribution < 1.29 is 18.0 Å². The van der Waals surface area contributed by atoms with Gasteiger partial charge in [-0.15, -0.1) is 0 Å². The zero-order valence-corrected chi connectivity index (χ0v) is 13.5. The quantitative estimate of drug-likeness (QED) is 0.843. The molecule has 1 amide bonds. The second-order valence-corrected chi connectivity index (χ2v) is 6.34. The number of anilines is 3. The van der Waals surface area contributed by atoms with Crippen molar-refractivity contribution in [2.45, 2.75) is 26.9 Å². The summed E-state index contributed by atoms with van der Waals surface area (Å²) in [5.41, 5.74) is -0.468. The number of carbonyl (C=O) groups excluding carboxylic acids is 1. The summed E-state index contributed by atoms with van der Waals surface area (Å²) < 4.78 is 38.1. The summed E-state index contributed by atoms with van der Waals surface area (Å²) in [6.45, 7) is 5.37. The van der Waals surface area contributed by atoms with Crippen molar-refractivity contribution in [3.63, 3.8) is 0 Å². The van der Waals surface area contributed by atoms with Crippen molar-refractivity contribution in [2.24, 2.45) is 5.41 Å². The van der Waals surface area contributed by atoms with Crippen LogP contribution in [0.5, 0.6) is 0 Å². The lowest BCUT2D eigenvalue weighted by molar-refractivity contribution is -0.137. The number of rotatable bonds is 3. The van der Waals surface area contributed by atoms with E-state index in [1.54, 1.807) is 32.9 Å². The number of nitrogens with zero attached hydrogens (tertiary/aromatic N) is 1. The van der Waals surface area contributed by atoms with Gasteiger partial charge in [0.15, 0.2) is 0 Å². The number of halogens is 3. The number of aromatic nitrogens is 1. The topological polar surface area (TPSA) is 54.0 Å². The summed E-state index contributed by atoms with van der Waals surface area (Å²) in [7, 11) is 0. The van der Waals surface area contributed by atoms with Crippen LogP contribution in [0.1, 0.15) is 26.3 Å². The number of benzene rings is 1. The molecule has 0 saturated carbocycles. The van der Waals surface area contributed by atoms with Gasteiger partial charge in [-0.3, -0.25) is 4.79 Å². The predicted octanol–water partition coefficient (Wildman–Crippen LogP) is 4.83. The van der Waals surface area contributed by atoms with Gasteiger partial charge < -0.3 is 10.6 Å². The summed E-state index contributed by atoms with van der Waals surface area (Å²) in [6.07, 6.45) is -2.95. The Balaban J connectivity index is 2.08. The maximum atomic E-state index is 12.7. The molecule has 24 heavy (non-hydrogen) atoms. The fraction of sp³-hybridized carbons (Fsp3) is 0.294. The van der Waals surface area contributed by atoms with E-state index in [1.165, 1.54) is 18.3 Å². The Labute approximate surface area is 138 Å². The first kappa shape index (κ1) is 17.8. The maximum Gasteiger partial charge on any atom is 0.416 e. The first-order valence-corrected chi connectivity index (χ1v) is 7.27. The minimum atomic E-state index is -4.40. The molecule has 1 aromatic heterocycles. The molecule has 0 spiro atoms. The Hall–Kier alpha value is -2.57. The lowest BCUT2D eigenvalue weighted by Gasteiger charge is -2.17. The Kier molecular flexibility index (Phi) is 4.82. The van der Waals surface area contributed by atoms with Gasteiger partial charge in [0.2, 0.25) is 5.91 Å². The number of amides is 1. The highest BCUT2D eigenvalue weighted by Gasteiger charge is 2.30. The SMILES string of the molecule is CC(C)(C)C(=O)Nc1ccc(Nc2cccc(C(F)(F)F)c2)nc1. The third-order valence-corrected chi connectivity index (χ3v) is 3.16. The fourth-order valence-corrected chi connectivity index (χ4v) is 1.78. The molecule has 0 atom stereocenters. The van der Waals surface area contributed by atoms with E-state index in [0.29, 0.717) is 11.5 Å². The van der Waals surface area contributed by atoms with Gasteiger partial charge >= 0.3 is 6.18 Å². The van der Waals surface area contributed by atoms with E-state index in [2.05, 4.69) is 15.6 Å². The fourth-order valence-electron chi connectivity index (χ4n) is 1.78. The van der Waals surface area contributed by atoms with Crippen LogP contribution in [-0.4, -0.2) is 10.9 Å². The molecule has 1 aromatic carbocycles. The van der Waals surface area contributed by atoms with Crippen molar-refractivity contribution in [3.05, 3.63) is 48.2 Å². The van der Waals surface area contributed by atoms with Crippen LogP contribution in [0.4, 0.5) is 30.4 Å². The second-order valence-electron chi connectivity index (χ2n) is 6.34. The van der Waals surface area contributed by atoms with Gasteiger partial charge in [-0.25, -0.2) is 4.98 Å². The highest BCUT2D eigenvalue weighted by Crippen LogP contribution is 2.31. The zero-order valence-electron chi connectivity index (χ0n) is 13.5. The third-order valence-electron chi connectivity index (χ3n) is 3.16. The largest absolute Gasteiger partial charge is 0.416 e. The Morgan fingerprint density at radius 3 is 2.29 bits per heavy atom. The van der Waals surface area contributed by atoms with Gasteiger partial charge in [0, 0.05) is 11.1 Å². The Morgan fingerprint density at radius 2 is 1.75 bits per heavy atom. The van der Waals surface area contributed by atoms with Crippen LogP contribution in [-0.2, 0) is 11.0 Å². The molecule has 0 bridgehead atoms. The van der Waals surface area contributed by atoms with Crippen molar-refractivity contribution in [3.8, 4) is 0 Å². The molecule has 2 rings (SSSR count). The summed E-state index contributed by atoms with van der Waals surface area (Å²) in [6, 6.07) is 8.07. The van der Waals surface area contributed by atoms with Gasteiger partial charge in [-0.2, -0.15) is 13.2 Å². The van der Waals surface area contributed by atoms with E-state index in [9.17, 15) is 18.0 Å². The minimum absolute atomic E-state index is 0.150. The third kappa shape index (κ3) is 4.71. The van der Waals surface area contributed by atoms with Gasteiger partial charge in [0.25, 0.3) is 0 Å². The lowest BCUT2D eigenvalue weighted by Crippen LogP contribution is -2.27. The average molecular weight is 337 g/mol. The van der Waals surface area contributed by atoms with Crippen molar-refractivity contribution in [2.75, 3.05) is 10.6 Å². The smallest absolute Gasteiger partial charge is 0.340 e. The van der Waals surface area contributed by atoms with Crippen molar-refractivity contribution >= 4 is 23.1 Å². The molecule has 4 nitrogen and oxygen atoms in total. The Morgan fingerprint density at radius 1 is 1.04 bits per heavy atom. The van der Waals surface area contributed by atoms with Crippen LogP contribution in [0.2, 0.25) is 0 Å². The van der Waals surface area contributed by atoms with Crippen LogP contribution in [0, 0.1) is 5.41 Å². The van der Waals surface area contributed by atoms with Gasteiger partial charge in [-0.05, 0) is 30.3 Å². The van der Waals surface area contributed by atoms with Crippen molar-refractivity contribution in [1.82, 2.24) is 4.98 Å². The first-order chi connectivity index (χ1) is 11.1. The van der Waals surface area contributed by atoms with Crippen LogP contribution in [0.3, 0.4) is 0 Å². The first-order valence-electron chi connectivity index (χ1n) is 7.27. The van der Waals surface area contributed by atoms with E-state index in [0.717, 1.165) is 12.1 Å².